The largest absolute Gasteiger partial charge is 0.283 e. The number of fused-ring (bicyclic) bond motifs is 1. The number of anilines is 2. The van der Waals surface area contributed by atoms with E-state index in [1.165, 1.54) is 0 Å². The summed E-state index contributed by atoms with van der Waals surface area (Å²) >= 11 is 0. The average Bonchev–Trinajstić information content (AvgIpc) is 2.67. The molecule has 2 heterocycles. The van der Waals surface area contributed by atoms with Gasteiger partial charge in [-0.15, -0.1) is 10.2 Å². The summed E-state index contributed by atoms with van der Waals surface area (Å²) < 4.78 is 0. The summed E-state index contributed by atoms with van der Waals surface area (Å²) in [7, 11) is 0. The van der Waals surface area contributed by atoms with Crippen LogP contribution in [0.3, 0.4) is 0 Å². The molecule has 0 aliphatic heterocycles. The molecule has 0 aliphatic carbocycles. The van der Waals surface area contributed by atoms with Crippen molar-refractivity contribution in [3.05, 3.63) is 79.0 Å². The number of nitrogens with zero attached hydrogens (tertiary/aromatic N) is 3. The standard InChI is InChI=1S/C19H15N5/c1-2-8-14(9-3-1)18-15-10-4-5-11-16(15)19(24-22-18)23-21-17-12-6-7-13-20-17/h1-13H,(H,20,21)(H,23,24). The molecule has 0 bridgehead atoms. The van der Waals surface area contributed by atoms with Gasteiger partial charge in [-0.25, -0.2) is 4.98 Å². The summed E-state index contributed by atoms with van der Waals surface area (Å²) in [6, 6.07) is 23.8. The van der Waals surface area contributed by atoms with Gasteiger partial charge in [0, 0.05) is 22.5 Å². The zero-order chi connectivity index (χ0) is 16.2. The van der Waals surface area contributed by atoms with Crippen LogP contribution in [0.1, 0.15) is 0 Å². The van der Waals surface area contributed by atoms with E-state index in [0.29, 0.717) is 5.82 Å². The number of rotatable bonds is 4. The Kier molecular flexibility index (Phi) is 3.73. The minimum Gasteiger partial charge on any atom is -0.283 e. The first kappa shape index (κ1) is 14.1. The second-order valence-corrected chi connectivity index (χ2v) is 5.27. The topological polar surface area (TPSA) is 62.7 Å². The van der Waals surface area contributed by atoms with Crippen molar-refractivity contribution in [2.45, 2.75) is 0 Å². The minimum absolute atomic E-state index is 0.663. The van der Waals surface area contributed by atoms with E-state index in [4.69, 9.17) is 0 Å². The first-order chi connectivity index (χ1) is 11.9. The highest BCUT2D eigenvalue weighted by Gasteiger charge is 2.10. The summed E-state index contributed by atoms with van der Waals surface area (Å²) in [5.74, 6) is 1.38. The van der Waals surface area contributed by atoms with Crippen molar-refractivity contribution in [3.8, 4) is 11.3 Å². The molecule has 4 rings (SSSR count). The molecule has 5 nitrogen and oxygen atoms in total. The molecular weight excluding hydrogens is 298 g/mol. The third-order valence-electron chi connectivity index (χ3n) is 3.71. The van der Waals surface area contributed by atoms with Crippen LogP contribution in [-0.4, -0.2) is 15.2 Å². The molecule has 0 unspecified atom stereocenters. The molecule has 0 spiro atoms. The van der Waals surface area contributed by atoms with Crippen LogP contribution < -0.4 is 10.9 Å². The highest BCUT2D eigenvalue weighted by atomic mass is 15.4. The molecule has 116 valence electrons. The first-order valence-electron chi connectivity index (χ1n) is 7.66. The Hall–Kier alpha value is -3.47. The Labute approximate surface area is 139 Å². The number of hydrogen-bond acceptors (Lipinski definition) is 5. The van der Waals surface area contributed by atoms with Crippen LogP contribution in [0.5, 0.6) is 0 Å². The molecule has 0 aliphatic rings. The fraction of sp³-hybridized carbons (Fsp3) is 0. The molecule has 0 atom stereocenters. The van der Waals surface area contributed by atoms with Crippen LogP contribution in [0.2, 0.25) is 0 Å². The van der Waals surface area contributed by atoms with Gasteiger partial charge in [0.05, 0.1) is 0 Å². The molecule has 0 radical (unpaired) electrons. The minimum atomic E-state index is 0.663. The molecule has 2 N–H and O–H groups in total. The first-order valence-corrected chi connectivity index (χ1v) is 7.66. The fourth-order valence-electron chi connectivity index (χ4n) is 2.57. The lowest BCUT2D eigenvalue weighted by Crippen LogP contribution is -2.12. The van der Waals surface area contributed by atoms with Crippen molar-refractivity contribution in [2.24, 2.45) is 0 Å². The smallest absolute Gasteiger partial charge is 0.175 e. The van der Waals surface area contributed by atoms with Crippen molar-refractivity contribution in [3.63, 3.8) is 0 Å². The molecule has 0 fully saturated rings. The van der Waals surface area contributed by atoms with Crippen molar-refractivity contribution < 1.29 is 0 Å². The van der Waals surface area contributed by atoms with Gasteiger partial charge in [-0.1, -0.05) is 60.7 Å². The molecule has 0 saturated heterocycles. The van der Waals surface area contributed by atoms with E-state index in [9.17, 15) is 0 Å². The Morgan fingerprint density at radius 3 is 2.17 bits per heavy atom. The normalized spacial score (nSPS) is 10.5. The van der Waals surface area contributed by atoms with Crippen molar-refractivity contribution in [1.29, 1.82) is 0 Å². The van der Waals surface area contributed by atoms with E-state index < -0.39 is 0 Å². The number of aromatic nitrogens is 3. The second kappa shape index (κ2) is 6.34. The Morgan fingerprint density at radius 1 is 0.625 bits per heavy atom. The van der Waals surface area contributed by atoms with Crippen LogP contribution in [0, 0.1) is 0 Å². The Bertz CT molecular complexity index is 955. The van der Waals surface area contributed by atoms with Crippen LogP contribution >= 0.6 is 0 Å². The molecular formula is C19H15N5. The molecule has 2 aromatic heterocycles. The van der Waals surface area contributed by atoms with Crippen LogP contribution in [-0.2, 0) is 0 Å². The number of nitrogens with one attached hydrogen (secondary N) is 2. The van der Waals surface area contributed by atoms with E-state index in [-0.39, 0.29) is 0 Å². The fourth-order valence-corrected chi connectivity index (χ4v) is 2.57. The molecule has 2 aromatic carbocycles. The summed E-state index contributed by atoms with van der Waals surface area (Å²) in [6.07, 6.45) is 1.73. The second-order valence-electron chi connectivity index (χ2n) is 5.27. The van der Waals surface area contributed by atoms with E-state index in [1.54, 1.807) is 6.20 Å². The van der Waals surface area contributed by atoms with Gasteiger partial charge in [0.25, 0.3) is 0 Å². The maximum atomic E-state index is 4.42. The predicted octanol–water partition coefficient (Wildman–Crippen LogP) is 4.13. The highest BCUT2D eigenvalue weighted by molar-refractivity contribution is 6.00. The quantitative estimate of drug-likeness (QED) is 0.555. The maximum Gasteiger partial charge on any atom is 0.175 e. The third-order valence-corrected chi connectivity index (χ3v) is 3.71. The zero-order valence-corrected chi connectivity index (χ0v) is 12.8. The van der Waals surface area contributed by atoms with Gasteiger partial charge in [-0.2, -0.15) is 0 Å². The van der Waals surface area contributed by atoms with Gasteiger partial charge in [0.1, 0.15) is 11.5 Å². The van der Waals surface area contributed by atoms with Crippen LogP contribution in [0.15, 0.2) is 79.0 Å². The number of pyridine rings is 1. The average molecular weight is 313 g/mol. The number of benzene rings is 2. The maximum absolute atomic E-state index is 4.42. The van der Waals surface area contributed by atoms with E-state index in [1.807, 2.05) is 66.7 Å². The van der Waals surface area contributed by atoms with Gasteiger partial charge in [0.15, 0.2) is 5.82 Å². The van der Waals surface area contributed by atoms with Crippen molar-refractivity contribution in [2.75, 3.05) is 10.9 Å². The Morgan fingerprint density at radius 2 is 1.38 bits per heavy atom. The monoisotopic (exact) mass is 313 g/mol. The summed E-state index contributed by atoms with van der Waals surface area (Å²) in [4.78, 5) is 4.22. The lowest BCUT2D eigenvalue weighted by atomic mass is 10.0. The van der Waals surface area contributed by atoms with Gasteiger partial charge >= 0.3 is 0 Å². The van der Waals surface area contributed by atoms with Crippen LogP contribution in [0.25, 0.3) is 22.0 Å². The zero-order valence-electron chi connectivity index (χ0n) is 12.8. The molecule has 0 amide bonds. The SMILES string of the molecule is c1ccc(-c2nnc(NNc3ccccn3)c3ccccc23)cc1. The lowest BCUT2D eigenvalue weighted by Gasteiger charge is -2.12. The molecule has 24 heavy (non-hydrogen) atoms. The van der Waals surface area contributed by atoms with Gasteiger partial charge in [-0.3, -0.25) is 10.9 Å². The lowest BCUT2D eigenvalue weighted by molar-refractivity contribution is 1.05. The van der Waals surface area contributed by atoms with Crippen LogP contribution in [0.4, 0.5) is 11.6 Å². The molecule has 0 saturated carbocycles. The molecule has 5 heteroatoms. The summed E-state index contributed by atoms with van der Waals surface area (Å²) in [6.45, 7) is 0. The number of hydrazine groups is 1. The van der Waals surface area contributed by atoms with Crippen molar-refractivity contribution in [1.82, 2.24) is 15.2 Å². The van der Waals surface area contributed by atoms with Gasteiger partial charge < -0.3 is 0 Å². The number of hydrogen-bond donors (Lipinski definition) is 2. The Balaban J connectivity index is 1.73. The van der Waals surface area contributed by atoms with Gasteiger partial charge in [-0.05, 0) is 12.1 Å². The van der Waals surface area contributed by atoms with E-state index >= 15 is 0 Å². The summed E-state index contributed by atoms with van der Waals surface area (Å²) in [5, 5.41) is 10.8. The van der Waals surface area contributed by atoms with E-state index in [0.717, 1.165) is 27.8 Å². The third kappa shape index (κ3) is 2.75. The molecule has 4 aromatic rings. The summed E-state index contributed by atoms with van der Waals surface area (Å²) in [5.41, 5.74) is 8.06. The highest BCUT2D eigenvalue weighted by Crippen LogP contribution is 2.29. The van der Waals surface area contributed by atoms with E-state index in [2.05, 4.69) is 32.1 Å². The predicted molar refractivity (Wildman–Crippen MR) is 96.5 cm³/mol. The van der Waals surface area contributed by atoms with Crippen molar-refractivity contribution >= 4 is 22.4 Å². The van der Waals surface area contributed by atoms with Gasteiger partial charge in [0.2, 0.25) is 0 Å².